The van der Waals surface area contributed by atoms with Gasteiger partial charge in [0.1, 0.15) is 0 Å². The molecule has 0 amide bonds. The highest BCUT2D eigenvalue weighted by Gasteiger charge is 2.25. The molecule has 0 radical (unpaired) electrons. The van der Waals surface area contributed by atoms with Gasteiger partial charge < -0.3 is 0 Å². The van der Waals surface area contributed by atoms with Crippen molar-refractivity contribution >= 4 is 0 Å². The normalized spacial score (nSPS) is 17.1. The zero-order valence-electron chi connectivity index (χ0n) is 13.3. The molecule has 3 atom stereocenters. The molecule has 0 spiro atoms. The zero-order chi connectivity index (χ0) is 13.3. The van der Waals surface area contributed by atoms with Crippen molar-refractivity contribution in [3.63, 3.8) is 0 Å². The van der Waals surface area contributed by atoms with E-state index >= 15 is 0 Å². The lowest BCUT2D eigenvalue weighted by atomic mass is 9.73. The standard InChI is InChI=1S/C17H36/c1-7-10-11-12-13-16(8-2)17(9-3)15(6)14(4)5/h14-17H,7-13H2,1-6H3. The average Bonchev–Trinajstić information content (AvgIpc) is 2.32. The first-order valence-corrected chi connectivity index (χ1v) is 8.08. The molecule has 0 rings (SSSR count). The predicted molar refractivity (Wildman–Crippen MR) is 80.3 cm³/mol. The van der Waals surface area contributed by atoms with Crippen LogP contribution in [0.2, 0.25) is 0 Å². The van der Waals surface area contributed by atoms with Crippen LogP contribution >= 0.6 is 0 Å². The molecule has 0 bridgehead atoms. The summed E-state index contributed by atoms with van der Waals surface area (Å²) in [7, 11) is 0. The fourth-order valence-corrected chi connectivity index (χ4v) is 3.18. The molecule has 0 nitrogen and oxygen atoms in total. The molecule has 0 heterocycles. The maximum absolute atomic E-state index is 2.47. The second-order valence-corrected chi connectivity index (χ2v) is 6.19. The van der Waals surface area contributed by atoms with E-state index < -0.39 is 0 Å². The van der Waals surface area contributed by atoms with Crippen molar-refractivity contribution in [1.82, 2.24) is 0 Å². The molecule has 0 aliphatic heterocycles. The first-order valence-electron chi connectivity index (χ1n) is 8.08. The highest BCUT2D eigenvalue weighted by molar-refractivity contribution is 4.75. The van der Waals surface area contributed by atoms with Crippen LogP contribution in [0, 0.1) is 23.7 Å². The SMILES string of the molecule is CCCCCCC(CC)C(CC)C(C)C(C)C. The van der Waals surface area contributed by atoms with Gasteiger partial charge in [-0.3, -0.25) is 0 Å². The lowest BCUT2D eigenvalue weighted by Crippen LogP contribution is -2.24. The molecule has 3 unspecified atom stereocenters. The van der Waals surface area contributed by atoms with Gasteiger partial charge >= 0.3 is 0 Å². The minimum atomic E-state index is 0.838. The maximum atomic E-state index is 2.47. The Labute approximate surface area is 111 Å². The molecule has 0 fully saturated rings. The van der Waals surface area contributed by atoms with Crippen LogP contribution in [0.4, 0.5) is 0 Å². The summed E-state index contributed by atoms with van der Waals surface area (Å²) < 4.78 is 0. The molecule has 0 aromatic rings. The minimum absolute atomic E-state index is 0.838. The van der Waals surface area contributed by atoms with E-state index in [-0.39, 0.29) is 0 Å². The molecule has 0 aromatic carbocycles. The molecule has 0 aliphatic rings. The van der Waals surface area contributed by atoms with E-state index in [0.29, 0.717) is 0 Å². The Kier molecular flexibility index (Phi) is 9.97. The largest absolute Gasteiger partial charge is 0.0654 e. The molecule has 0 saturated heterocycles. The summed E-state index contributed by atoms with van der Waals surface area (Å²) in [5.74, 6) is 3.64. The Balaban J connectivity index is 4.18. The van der Waals surface area contributed by atoms with E-state index in [1.165, 1.54) is 44.9 Å². The Morgan fingerprint density at radius 3 is 1.82 bits per heavy atom. The van der Waals surface area contributed by atoms with Crippen LogP contribution in [-0.2, 0) is 0 Å². The second kappa shape index (κ2) is 9.97. The van der Waals surface area contributed by atoms with Crippen molar-refractivity contribution in [1.29, 1.82) is 0 Å². The van der Waals surface area contributed by atoms with Gasteiger partial charge in [0.2, 0.25) is 0 Å². The average molecular weight is 240 g/mol. The fraction of sp³-hybridized carbons (Fsp3) is 1.00. The van der Waals surface area contributed by atoms with E-state index in [2.05, 4.69) is 41.5 Å². The third-order valence-electron chi connectivity index (χ3n) is 4.76. The van der Waals surface area contributed by atoms with E-state index in [4.69, 9.17) is 0 Å². The fourth-order valence-electron chi connectivity index (χ4n) is 3.18. The van der Waals surface area contributed by atoms with Gasteiger partial charge in [0.15, 0.2) is 0 Å². The molecule has 0 N–H and O–H groups in total. The van der Waals surface area contributed by atoms with Gasteiger partial charge in [0.05, 0.1) is 0 Å². The van der Waals surface area contributed by atoms with Crippen molar-refractivity contribution in [2.75, 3.05) is 0 Å². The molecule has 0 heteroatoms. The molecular formula is C17H36. The van der Waals surface area contributed by atoms with Crippen molar-refractivity contribution < 1.29 is 0 Å². The summed E-state index contributed by atoms with van der Waals surface area (Å²) in [5, 5.41) is 0. The first kappa shape index (κ1) is 17.0. The van der Waals surface area contributed by atoms with Crippen LogP contribution in [0.15, 0.2) is 0 Å². The van der Waals surface area contributed by atoms with E-state index in [1.807, 2.05) is 0 Å². The van der Waals surface area contributed by atoms with Crippen LogP contribution in [0.5, 0.6) is 0 Å². The van der Waals surface area contributed by atoms with Gasteiger partial charge in [0.25, 0.3) is 0 Å². The molecule has 0 saturated carbocycles. The van der Waals surface area contributed by atoms with Crippen LogP contribution in [0.1, 0.15) is 86.5 Å². The smallest absolute Gasteiger partial charge is 0.0360 e. The highest BCUT2D eigenvalue weighted by atomic mass is 14.3. The summed E-state index contributed by atoms with van der Waals surface area (Å²) in [6.45, 7) is 14.3. The Bertz CT molecular complexity index is 159. The summed E-state index contributed by atoms with van der Waals surface area (Å²) in [4.78, 5) is 0. The number of unbranched alkanes of at least 4 members (excludes halogenated alkanes) is 3. The van der Waals surface area contributed by atoms with E-state index in [0.717, 1.165) is 23.7 Å². The maximum Gasteiger partial charge on any atom is -0.0360 e. The summed E-state index contributed by atoms with van der Waals surface area (Å²) in [6.07, 6.45) is 9.88. The first-order chi connectivity index (χ1) is 8.08. The molecule has 0 aromatic heterocycles. The third-order valence-corrected chi connectivity index (χ3v) is 4.76. The zero-order valence-corrected chi connectivity index (χ0v) is 13.3. The topological polar surface area (TPSA) is 0 Å². The molecule has 104 valence electrons. The lowest BCUT2D eigenvalue weighted by Gasteiger charge is -2.33. The van der Waals surface area contributed by atoms with Crippen molar-refractivity contribution in [2.45, 2.75) is 86.5 Å². The predicted octanol–water partition coefficient (Wildman–Crippen LogP) is 6.30. The van der Waals surface area contributed by atoms with Gasteiger partial charge in [-0.2, -0.15) is 0 Å². The summed E-state index contributed by atoms with van der Waals surface area (Å²) in [6, 6.07) is 0. The highest BCUT2D eigenvalue weighted by Crippen LogP contribution is 2.34. The summed E-state index contributed by atoms with van der Waals surface area (Å²) >= 11 is 0. The number of hydrogen-bond donors (Lipinski definition) is 0. The van der Waals surface area contributed by atoms with E-state index in [9.17, 15) is 0 Å². The van der Waals surface area contributed by atoms with Crippen molar-refractivity contribution in [3.8, 4) is 0 Å². The summed E-state index contributed by atoms with van der Waals surface area (Å²) in [5.41, 5.74) is 0. The van der Waals surface area contributed by atoms with Crippen LogP contribution in [0.25, 0.3) is 0 Å². The van der Waals surface area contributed by atoms with Gasteiger partial charge in [0, 0.05) is 0 Å². The third kappa shape index (κ3) is 6.48. The van der Waals surface area contributed by atoms with Crippen molar-refractivity contribution in [3.05, 3.63) is 0 Å². The van der Waals surface area contributed by atoms with Crippen LogP contribution < -0.4 is 0 Å². The Morgan fingerprint density at radius 1 is 0.765 bits per heavy atom. The second-order valence-electron chi connectivity index (χ2n) is 6.19. The van der Waals surface area contributed by atoms with E-state index in [1.54, 1.807) is 0 Å². The number of rotatable bonds is 10. The van der Waals surface area contributed by atoms with Crippen molar-refractivity contribution in [2.24, 2.45) is 23.7 Å². The van der Waals surface area contributed by atoms with Crippen LogP contribution in [-0.4, -0.2) is 0 Å². The Hall–Kier alpha value is 0. The number of hydrogen-bond acceptors (Lipinski definition) is 0. The lowest BCUT2D eigenvalue weighted by molar-refractivity contribution is 0.170. The molecule has 17 heavy (non-hydrogen) atoms. The molecular weight excluding hydrogens is 204 g/mol. The van der Waals surface area contributed by atoms with Gasteiger partial charge in [-0.25, -0.2) is 0 Å². The quantitative estimate of drug-likeness (QED) is 0.393. The van der Waals surface area contributed by atoms with Gasteiger partial charge in [-0.1, -0.05) is 86.5 Å². The Morgan fingerprint density at radius 2 is 1.41 bits per heavy atom. The van der Waals surface area contributed by atoms with Gasteiger partial charge in [-0.05, 0) is 23.7 Å². The molecule has 0 aliphatic carbocycles. The minimum Gasteiger partial charge on any atom is -0.0654 e. The van der Waals surface area contributed by atoms with Gasteiger partial charge in [-0.15, -0.1) is 0 Å². The monoisotopic (exact) mass is 240 g/mol. The van der Waals surface area contributed by atoms with Crippen LogP contribution in [0.3, 0.4) is 0 Å².